The van der Waals surface area contributed by atoms with E-state index >= 15 is 0 Å². The van der Waals surface area contributed by atoms with Gasteiger partial charge in [0.05, 0.1) is 5.52 Å². The minimum Gasteiger partial charge on any atom is -0.508 e. The second-order valence-electron chi connectivity index (χ2n) is 4.48. The zero-order chi connectivity index (χ0) is 14.3. The van der Waals surface area contributed by atoms with Gasteiger partial charge in [-0.2, -0.15) is 0 Å². The molecule has 0 aliphatic carbocycles. The molecule has 0 atom stereocenters. The maximum atomic E-state index is 12.0. The van der Waals surface area contributed by atoms with Crippen LogP contribution in [0.5, 0.6) is 17.2 Å². The van der Waals surface area contributed by atoms with Gasteiger partial charge in [0.1, 0.15) is 5.75 Å². The molecule has 0 amide bonds. The SMILES string of the molecule is O=c1cc(-c2ccc(O)c(O)c2)[nH]c2cc(O)ccc12. The predicted molar refractivity (Wildman–Crippen MR) is 75.0 cm³/mol. The number of aromatic amines is 1. The summed E-state index contributed by atoms with van der Waals surface area (Å²) in [5, 5.41) is 28.7. The van der Waals surface area contributed by atoms with E-state index in [1.54, 1.807) is 12.1 Å². The van der Waals surface area contributed by atoms with Crippen molar-refractivity contribution in [2.45, 2.75) is 0 Å². The smallest absolute Gasteiger partial charge is 0.190 e. The van der Waals surface area contributed by atoms with Crippen molar-refractivity contribution in [3.8, 4) is 28.5 Å². The molecule has 0 aliphatic heterocycles. The lowest BCUT2D eigenvalue weighted by Gasteiger charge is -2.06. The first kappa shape index (κ1) is 12.1. The number of phenols is 3. The van der Waals surface area contributed by atoms with E-state index in [9.17, 15) is 20.1 Å². The summed E-state index contributed by atoms with van der Waals surface area (Å²) >= 11 is 0. The Balaban J connectivity index is 2.26. The molecule has 2 aromatic carbocycles. The van der Waals surface area contributed by atoms with Gasteiger partial charge >= 0.3 is 0 Å². The van der Waals surface area contributed by atoms with Crippen LogP contribution >= 0.6 is 0 Å². The Bertz CT molecular complexity index is 867. The van der Waals surface area contributed by atoms with Gasteiger partial charge in [-0.25, -0.2) is 0 Å². The third-order valence-corrected chi connectivity index (χ3v) is 3.10. The number of benzene rings is 2. The number of hydrogen-bond acceptors (Lipinski definition) is 4. The summed E-state index contributed by atoms with van der Waals surface area (Å²) in [6.45, 7) is 0. The van der Waals surface area contributed by atoms with E-state index in [0.717, 1.165) is 0 Å². The lowest BCUT2D eigenvalue weighted by atomic mass is 10.1. The molecule has 100 valence electrons. The maximum absolute atomic E-state index is 12.0. The second kappa shape index (κ2) is 4.31. The van der Waals surface area contributed by atoms with Crippen LogP contribution in [0, 0.1) is 0 Å². The summed E-state index contributed by atoms with van der Waals surface area (Å²) in [5.41, 5.74) is 1.35. The summed E-state index contributed by atoms with van der Waals surface area (Å²) in [5.74, 6) is -0.437. The first-order chi connectivity index (χ1) is 9.54. The van der Waals surface area contributed by atoms with Gasteiger partial charge in [0.25, 0.3) is 0 Å². The molecule has 0 bridgehead atoms. The molecule has 0 aliphatic rings. The fourth-order valence-electron chi connectivity index (χ4n) is 2.09. The van der Waals surface area contributed by atoms with Crippen LogP contribution in [-0.2, 0) is 0 Å². The van der Waals surface area contributed by atoms with Gasteiger partial charge < -0.3 is 20.3 Å². The molecule has 0 fully saturated rings. The highest BCUT2D eigenvalue weighted by atomic mass is 16.3. The van der Waals surface area contributed by atoms with E-state index in [0.29, 0.717) is 22.2 Å². The predicted octanol–water partition coefficient (Wildman–Crippen LogP) is 2.31. The van der Waals surface area contributed by atoms with Gasteiger partial charge in [0.2, 0.25) is 0 Å². The number of phenolic OH excluding ortho intramolecular Hbond substituents is 3. The Morgan fingerprint density at radius 1 is 0.850 bits per heavy atom. The molecule has 0 unspecified atom stereocenters. The highest BCUT2D eigenvalue weighted by Crippen LogP contribution is 2.30. The van der Waals surface area contributed by atoms with Gasteiger partial charge in [-0.15, -0.1) is 0 Å². The topological polar surface area (TPSA) is 93.5 Å². The third-order valence-electron chi connectivity index (χ3n) is 3.10. The van der Waals surface area contributed by atoms with Gasteiger partial charge in [-0.1, -0.05) is 0 Å². The molecule has 4 N–H and O–H groups in total. The highest BCUT2D eigenvalue weighted by molar-refractivity contribution is 5.82. The molecule has 5 heteroatoms. The Morgan fingerprint density at radius 3 is 2.40 bits per heavy atom. The van der Waals surface area contributed by atoms with Crippen LogP contribution in [0.2, 0.25) is 0 Å². The summed E-state index contributed by atoms with van der Waals surface area (Å²) in [6, 6.07) is 10.1. The monoisotopic (exact) mass is 269 g/mol. The van der Waals surface area contributed by atoms with Crippen molar-refractivity contribution in [2.24, 2.45) is 0 Å². The number of aromatic nitrogens is 1. The molecule has 0 spiro atoms. The Labute approximate surface area is 113 Å². The normalized spacial score (nSPS) is 10.8. The lowest BCUT2D eigenvalue weighted by Crippen LogP contribution is -2.02. The number of rotatable bonds is 1. The summed E-state index contributed by atoms with van der Waals surface area (Å²) < 4.78 is 0. The number of fused-ring (bicyclic) bond motifs is 1. The Kier molecular flexibility index (Phi) is 2.61. The van der Waals surface area contributed by atoms with Gasteiger partial charge in [0.15, 0.2) is 16.9 Å². The minimum absolute atomic E-state index is 0.0545. The molecule has 5 nitrogen and oxygen atoms in total. The number of nitrogens with one attached hydrogen (secondary N) is 1. The highest BCUT2D eigenvalue weighted by Gasteiger charge is 2.07. The average molecular weight is 269 g/mol. The first-order valence-corrected chi connectivity index (χ1v) is 5.93. The van der Waals surface area contributed by atoms with Crippen LogP contribution < -0.4 is 5.43 Å². The maximum Gasteiger partial charge on any atom is 0.190 e. The molecule has 0 saturated carbocycles. The molecule has 1 heterocycles. The number of H-pyrrole nitrogens is 1. The van der Waals surface area contributed by atoms with Crippen LogP contribution in [0.15, 0.2) is 47.3 Å². The van der Waals surface area contributed by atoms with Crippen LogP contribution in [0.4, 0.5) is 0 Å². The fraction of sp³-hybridized carbons (Fsp3) is 0. The molecule has 20 heavy (non-hydrogen) atoms. The summed E-state index contributed by atoms with van der Waals surface area (Å²) in [4.78, 5) is 15.0. The van der Waals surface area contributed by atoms with Crippen molar-refractivity contribution < 1.29 is 15.3 Å². The van der Waals surface area contributed by atoms with Crippen LogP contribution in [-0.4, -0.2) is 20.3 Å². The zero-order valence-electron chi connectivity index (χ0n) is 10.3. The van der Waals surface area contributed by atoms with Gasteiger partial charge in [0, 0.05) is 28.8 Å². The molecule has 1 aromatic heterocycles. The zero-order valence-corrected chi connectivity index (χ0v) is 10.3. The van der Waals surface area contributed by atoms with Crippen molar-refractivity contribution in [3.63, 3.8) is 0 Å². The van der Waals surface area contributed by atoms with Crippen molar-refractivity contribution >= 4 is 10.9 Å². The van der Waals surface area contributed by atoms with E-state index in [2.05, 4.69) is 4.98 Å². The van der Waals surface area contributed by atoms with Gasteiger partial charge in [-0.3, -0.25) is 4.79 Å². The molecule has 3 aromatic rings. The molecule has 0 radical (unpaired) electrons. The quantitative estimate of drug-likeness (QED) is 0.510. The standard InChI is InChI=1S/C15H11NO4/c17-9-2-3-10-12(6-9)16-11(7-14(10)19)8-1-4-13(18)15(20)5-8/h1-7,17-18,20H,(H,16,19). The number of aromatic hydroxyl groups is 3. The van der Waals surface area contributed by atoms with E-state index in [1.165, 1.54) is 30.3 Å². The summed E-state index contributed by atoms with van der Waals surface area (Å²) in [7, 11) is 0. The molecular weight excluding hydrogens is 258 g/mol. The number of hydrogen-bond donors (Lipinski definition) is 4. The van der Waals surface area contributed by atoms with Crippen LogP contribution in [0.3, 0.4) is 0 Å². The molecular formula is C15H11NO4. The fourth-order valence-corrected chi connectivity index (χ4v) is 2.09. The largest absolute Gasteiger partial charge is 0.508 e. The molecule has 3 rings (SSSR count). The van der Waals surface area contributed by atoms with Crippen molar-refractivity contribution in [3.05, 3.63) is 52.7 Å². The number of pyridine rings is 1. The van der Waals surface area contributed by atoms with Crippen molar-refractivity contribution in [2.75, 3.05) is 0 Å². The second-order valence-corrected chi connectivity index (χ2v) is 4.48. The Hall–Kier alpha value is -2.95. The van der Waals surface area contributed by atoms with E-state index < -0.39 is 0 Å². The average Bonchev–Trinajstić information content (AvgIpc) is 2.41. The van der Waals surface area contributed by atoms with Crippen LogP contribution in [0.25, 0.3) is 22.2 Å². The van der Waals surface area contributed by atoms with Crippen molar-refractivity contribution in [1.29, 1.82) is 0 Å². The summed E-state index contributed by atoms with van der Waals surface area (Å²) in [6.07, 6.45) is 0. The first-order valence-electron chi connectivity index (χ1n) is 5.93. The van der Waals surface area contributed by atoms with Gasteiger partial charge in [-0.05, 0) is 30.3 Å². The van der Waals surface area contributed by atoms with Crippen LogP contribution in [0.1, 0.15) is 0 Å². The minimum atomic E-state index is -0.264. The lowest BCUT2D eigenvalue weighted by molar-refractivity contribution is 0.404. The van der Waals surface area contributed by atoms with E-state index in [4.69, 9.17) is 0 Å². The van der Waals surface area contributed by atoms with E-state index in [-0.39, 0.29) is 22.7 Å². The van der Waals surface area contributed by atoms with E-state index in [1.807, 2.05) is 0 Å². The molecule has 0 saturated heterocycles. The van der Waals surface area contributed by atoms with Crippen molar-refractivity contribution in [1.82, 2.24) is 4.98 Å². The Morgan fingerprint density at radius 2 is 1.65 bits per heavy atom. The third kappa shape index (κ3) is 1.95.